The fourth-order valence-corrected chi connectivity index (χ4v) is 6.19. The second-order valence-corrected chi connectivity index (χ2v) is 10.5. The number of halogens is 1. The van der Waals surface area contributed by atoms with Gasteiger partial charge in [0, 0.05) is 15.1 Å². The van der Waals surface area contributed by atoms with Gasteiger partial charge in [0.15, 0.2) is 17.2 Å². The van der Waals surface area contributed by atoms with Crippen LogP contribution in [-0.4, -0.2) is 75.8 Å². The Labute approximate surface area is 214 Å². The van der Waals surface area contributed by atoms with Crippen LogP contribution in [0.3, 0.4) is 0 Å². The van der Waals surface area contributed by atoms with E-state index in [0.717, 1.165) is 3.57 Å². The van der Waals surface area contributed by atoms with Crippen molar-refractivity contribution in [1.29, 1.82) is 0 Å². The van der Waals surface area contributed by atoms with Gasteiger partial charge in [-0.3, -0.25) is 24.1 Å². The molecule has 4 rings (SSSR count). The number of Topliss-reactive ketones (excluding diaryl/α,β-unsaturated/α-hetero) is 3. The third kappa shape index (κ3) is 3.67. The largest absolute Gasteiger partial charge is 0.508 e. The molecule has 0 unspecified atom stereocenters. The van der Waals surface area contributed by atoms with Crippen molar-refractivity contribution in [3.63, 3.8) is 0 Å². The molecule has 10 nitrogen and oxygen atoms in total. The maximum Gasteiger partial charge on any atom is 0.255 e. The van der Waals surface area contributed by atoms with Crippen molar-refractivity contribution in [2.45, 2.75) is 31.4 Å². The minimum atomic E-state index is -2.63. The normalized spacial score (nSPS) is 28.0. The second-order valence-electron chi connectivity index (χ2n) is 9.35. The van der Waals surface area contributed by atoms with Gasteiger partial charge in [0.1, 0.15) is 29.4 Å². The molecule has 5 N–H and O–H groups in total. The van der Waals surface area contributed by atoms with Crippen LogP contribution in [0.15, 0.2) is 34.8 Å². The summed E-state index contributed by atoms with van der Waals surface area (Å²) < 4.78 is 6.35. The van der Waals surface area contributed by atoms with Gasteiger partial charge < -0.3 is 25.8 Å². The number of nitrogens with zero attached hydrogens (tertiary/aromatic N) is 1. The van der Waals surface area contributed by atoms with Crippen molar-refractivity contribution >= 4 is 45.8 Å². The summed E-state index contributed by atoms with van der Waals surface area (Å²) in [7, 11) is 3.27. The van der Waals surface area contributed by atoms with Crippen LogP contribution < -0.4 is 5.73 Å². The summed E-state index contributed by atoms with van der Waals surface area (Å²) in [6.45, 7) is 0.856. The molecule has 1 aromatic rings. The molecule has 4 atom stereocenters. The van der Waals surface area contributed by atoms with Gasteiger partial charge in [-0.2, -0.15) is 0 Å². The zero-order valence-corrected chi connectivity index (χ0v) is 21.5. The molecule has 0 bridgehead atoms. The number of carbonyl (C=O) groups excluding carboxylic acids is 4. The first-order valence-corrected chi connectivity index (χ1v) is 12.0. The average molecular weight is 596 g/mol. The number of phenolic OH excluding ortho intramolecular Hbond substituents is 1. The summed E-state index contributed by atoms with van der Waals surface area (Å²) in [5, 5.41) is 33.4. The van der Waals surface area contributed by atoms with Crippen LogP contribution in [0.5, 0.6) is 5.75 Å². The predicted octanol–water partition coefficient (Wildman–Crippen LogP) is 0.773. The molecule has 0 radical (unpaired) electrons. The lowest BCUT2D eigenvalue weighted by Gasteiger charge is -2.50. The van der Waals surface area contributed by atoms with Crippen LogP contribution in [-0.2, 0) is 25.5 Å². The van der Waals surface area contributed by atoms with Crippen LogP contribution in [0.25, 0.3) is 0 Å². The van der Waals surface area contributed by atoms with Gasteiger partial charge in [0.25, 0.3) is 5.91 Å². The van der Waals surface area contributed by atoms with Crippen LogP contribution in [0.4, 0.5) is 0 Å². The molecule has 0 aliphatic heterocycles. The summed E-state index contributed by atoms with van der Waals surface area (Å²) in [4.78, 5) is 52.6. The number of benzene rings is 1. The van der Waals surface area contributed by atoms with Crippen LogP contribution in [0.1, 0.15) is 29.3 Å². The maximum atomic E-state index is 13.6. The summed E-state index contributed by atoms with van der Waals surface area (Å²) in [6, 6.07) is 2.14. The molecule has 3 aliphatic rings. The van der Waals surface area contributed by atoms with E-state index < -0.39 is 58.9 Å². The summed E-state index contributed by atoms with van der Waals surface area (Å²) in [5.74, 6) is -6.29. The first-order valence-electron chi connectivity index (χ1n) is 10.9. The first kappa shape index (κ1) is 25.3. The third-order valence-electron chi connectivity index (χ3n) is 6.96. The lowest BCUT2D eigenvalue weighted by atomic mass is 9.58. The number of rotatable bonds is 5. The minimum absolute atomic E-state index is 0.0142. The number of nitrogens with two attached hydrogens (primary N) is 1. The Morgan fingerprint density at radius 1 is 1.26 bits per heavy atom. The number of hydrogen-bond acceptors (Lipinski definition) is 9. The zero-order valence-electron chi connectivity index (χ0n) is 19.3. The van der Waals surface area contributed by atoms with Gasteiger partial charge in [-0.1, -0.05) is 0 Å². The van der Waals surface area contributed by atoms with Crippen molar-refractivity contribution in [1.82, 2.24) is 4.90 Å². The number of amides is 1. The van der Waals surface area contributed by atoms with E-state index in [1.165, 1.54) is 13.0 Å². The Hall–Kier alpha value is -2.77. The van der Waals surface area contributed by atoms with E-state index >= 15 is 0 Å². The zero-order chi connectivity index (χ0) is 26.0. The van der Waals surface area contributed by atoms with E-state index in [4.69, 9.17) is 10.5 Å². The number of ketones is 3. The molecule has 0 aromatic heterocycles. The molecule has 0 fully saturated rings. The Balaban J connectivity index is 1.96. The number of fused-ring (bicyclic) bond motifs is 3. The molecule has 0 saturated carbocycles. The lowest BCUT2D eigenvalue weighted by molar-refractivity contribution is -0.149. The molecular formula is C24H25IN2O8. The molecule has 1 amide bonds. The average Bonchev–Trinajstić information content (AvgIpc) is 2.76. The fraction of sp³-hybridized carbons (Fsp3) is 0.417. The third-order valence-corrected chi connectivity index (χ3v) is 7.97. The number of ether oxygens (including phenoxy) is 1. The predicted molar refractivity (Wildman–Crippen MR) is 130 cm³/mol. The number of aliphatic hydroxyl groups excluding tert-OH is 1. The highest BCUT2D eigenvalue weighted by molar-refractivity contribution is 14.1. The Morgan fingerprint density at radius 2 is 1.91 bits per heavy atom. The number of carbonyl (C=O) groups is 4. The molecular weight excluding hydrogens is 571 g/mol. The highest BCUT2D eigenvalue weighted by Crippen LogP contribution is 2.52. The Kier molecular flexibility index (Phi) is 6.31. The number of phenols is 1. The smallest absolute Gasteiger partial charge is 0.255 e. The SMILES string of the molecule is CC(=O)COC1=C(C(N)=O)C(=O)[C@@]2(O)C(O)=C3C(=O)c4c(O)ccc(I)c4C[C@H]3C[C@H]2[C@@H]1N(C)C. The summed E-state index contributed by atoms with van der Waals surface area (Å²) in [6.07, 6.45) is 0.366. The van der Waals surface area contributed by atoms with E-state index in [-0.39, 0.29) is 41.3 Å². The van der Waals surface area contributed by atoms with Gasteiger partial charge in [-0.15, -0.1) is 0 Å². The number of likely N-dealkylation sites (N-methyl/N-ethyl adjacent to an activating group) is 1. The van der Waals surface area contributed by atoms with E-state index in [1.54, 1.807) is 25.1 Å². The number of aromatic hydroxyl groups is 1. The van der Waals surface area contributed by atoms with E-state index in [9.17, 15) is 34.5 Å². The molecule has 0 heterocycles. The van der Waals surface area contributed by atoms with Gasteiger partial charge >= 0.3 is 0 Å². The first-order chi connectivity index (χ1) is 16.3. The topological polar surface area (TPSA) is 167 Å². The van der Waals surface area contributed by atoms with Gasteiger partial charge in [0.05, 0.1) is 11.6 Å². The summed E-state index contributed by atoms with van der Waals surface area (Å²) >= 11 is 2.06. The molecule has 11 heteroatoms. The lowest BCUT2D eigenvalue weighted by Crippen LogP contribution is -2.64. The van der Waals surface area contributed by atoms with Crippen molar-refractivity contribution in [2.24, 2.45) is 17.6 Å². The van der Waals surface area contributed by atoms with E-state index in [2.05, 4.69) is 22.6 Å². The monoisotopic (exact) mass is 596 g/mol. The number of allylic oxidation sites excluding steroid dienone is 1. The number of hydrogen-bond donors (Lipinski definition) is 4. The van der Waals surface area contributed by atoms with E-state index in [1.807, 2.05) is 0 Å². The second kappa shape index (κ2) is 8.71. The molecule has 35 heavy (non-hydrogen) atoms. The van der Waals surface area contributed by atoms with Gasteiger partial charge in [0.2, 0.25) is 5.78 Å². The van der Waals surface area contributed by atoms with Crippen LogP contribution in [0.2, 0.25) is 0 Å². The van der Waals surface area contributed by atoms with Crippen molar-refractivity contribution < 1.29 is 39.2 Å². The Bertz CT molecular complexity index is 1250. The van der Waals surface area contributed by atoms with Gasteiger partial charge in [-0.25, -0.2) is 0 Å². The molecule has 0 spiro atoms. The quantitative estimate of drug-likeness (QED) is 0.284. The standard InChI is InChI=1S/C24H25IN2O8/c1-9(28)8-35-20-17(23(26)33)22(32)24(34)12(18(20)27(2)3)7-10-6-11-13(25)4-5-14(29)16(11)19(30)15(10)21(24)31/h4-5,10,12,18,29,31,34H,6-8H2,1-3H3,(H2,26,33)/t10-,12-,18-,24-/m0/s1. The molecule has 0 saturated heterocycles. The molecule has 186 valence electrons. The Morgan fingerprint density at radius 3 is 2.49 bits per heavy atom. The maximum absolute atomic E-state index is 13.6. The number of primary amides is 1. The van der Waals surface area contributed by atoms with E-state index in [0.29, 0.717) is 5.56 Å². The highest BCUT2D eigenvalue weighted by Gasteiger charge is 2.63. The summed E-state index contributed by atoms with van der Waals surface area (Å²) in [5.41, 5.74) is 2.66. The van der Waals surface area contributed by atoms with Crippen LogP contribution in [0, 0.1) is 15.4 Å². The van der Waals surface area contributed by atoms with Gasteiger partial charge in [-0.05, 0) is 80.1 Å². The van der Waals surface area contributed by atoms with Crippen molar-refractivity contribution in [3.8, 4) is 5.75 Å². The number of aliphatic hydroxyl groups is 2. The fourth-order valence-electron chi connectivity index (χ4n) is 5.52. The molecule has 3 aliphatic carbocycles. The van der Waals surface area contributed by atoms with Crippen molar-refractivity contribution in [2.75, 3.05) is 20.7 Å². The highest BCUT2D eigenvalue weighted by atomic mass is 127. The van der Waals surface area contributed by atoms with Crippen LogP contribution >= 0.6 is 22.6 Å². The minimum Gasteiger partial charge on any atom is -0.508 e. The molecule has 1 aromatic carbocycles. The van der Waals surface area contributed by atoms with Crippen molar-refractivity contribution in [3.05, 3.63) is 49.5 Å².